The van der Waals surface area contributed by atoms with E-state index in [0.29, 0.717) is 12.8 Å². The molecule has 4 fully saturated rings. The van der Waals surface area contributed by atoms with Crippen LogP contribution in [0.25, 0.3) is 0 Å². The predicted molar refractivity (Wildman–Crippen MR) is 122 cm³/mol. The summed E-state index contributed by atoms with van der Waals surface area (Å²) in [6, 6.07) is 0. The van der Waals surface area contributed by atoms with Gasteiger partial charge in [-0.2, -0.15) is 0 Å². The smallest absolute Gasteiger partial charge is 0.407 e. The first-order chi connectivity index (χ1) is 15.9. The molecular formula is C26H35NO7. The van der Waals surface area contributed by atoms with Crippen LogP contribution < -0.4 is 5.32 Å². The van der Waals surface area contributed by atoms with Gasteiger partial charge in [0.05, 0.1) is 12.2 Å². The maximum atomic E-state index is 13.8. The maximum Gasteiger partial charge on any atom is 0.407 e. The van der Waals surface area contributed by atoms with Gasteiger partial charge in [0.15, 0.2) is 23.8 Å². The number of aliphatic hydroxyl groups is 1. The summed E-state index contributed by atoms with van der Waals surface area (Å²) in [5.41, 5.74) is -1.31. The fourth-order valence-electron chi connectivity index (χ4n) is 8.23. The molecule has 1 amide bonds. The third-order valence-electron chi connectivity index (χ3n) is 9.44. The van der Waals surface area contributed by atoms with Crippen LogP contribution in [0.4, 0.5) is 4.79 Å². The van der Waals surface area contributed by atoms with E-state index in [-0.39, 0.29) is 29.3 Å². The summed E-state index contributed by atoms with van der Waals surface area (Å²) in [5.74, 6) is -1.14. The molecule has 5 unspecified atom stereocenters. The second-order valence-electron chi connectivity index (χ2n) is 11.5. The van der Waals surface area contributed by atoms with Crippen LogP contribution in [-0.4, -0.2) is 60.0 Å². The van der Waals surface area contributed by atoms with Gasteiger partial charge >= 0.3 is 6.09 Å². The largest absolute Gasteiger partial charge is 0.441 e. The fourth-order valence-corrected chi connectivity index (χ4v) is 8.23. The van der Waals surface area contributed by atoms with E-state index in [1.807, 2.05) is 13.0 Å². The summed E-state index contributed by atoms with van der Waals surface area (Å²) in [6.07, 6.45) is 6.08. The average molecular weight is 474 g/mol. The number of amides is 1. The Morgan fingerprint density at radius 3 is 2.71 bits per heavy atom. The van der Waals surface area contributed by atoms with Crippen molar-refractivity contribution in [3.8, 4) is 0 Å². The number of ether oxygens (including phenoxy) is 3. The van der Waals surface area contributed by atoms with E-state index in [0.717, 1.165) is 18.4 Å². The molecule has 3 saturated carbocycles. The standard InChI is InChI=1S/C26H35NO7/c1-23(2)33-20-11-17-16-7-6-14-10-15(28)8-9-24(14,3)21(16)18(29)12-25(17,4)26(20,34-23)19(30)13-32-22(31)27-5/h8-10,16-18,20-21,29H,6-7,11-13H2,1-5H3,(H,27,31)/t16?,17?,18-,20+,21?,24?,25?,26+/m0/s1. The zero-order valence-corrected chi connectivity index (χ0v) is 20.6. The number of allylic oxidation sites excluding steroid dienone is 4. The molecule has 8 atom stereocenters. The van der Waals surface area contributed by atoms with Crippen LogP contribution in [0.15, 0.2) is 23.8 Å². The van der Waals surface area contributed by atoms with Gasteiger partial charge in [-0.1, -0.05) is 25.5 Å². The molecule has 4 aliphatic carbocycles. The van der Waals surface area contributed by atoms with Gasteiger partial charge in [0.1, 0.15) is 0 Å². The number of nitrogens with one attached hydrogen (secondary N) is 1. The molecule has 1 saturated heterocycles. The fraction of sp³-hybridized carbons (Fsp3) is 0.731. The van der Waals surface area contributed by atoms with Crippen LogP contribution in [0.2, 0.25) is 0 Å². The van der Waals surface area contributed by atoms with Gasteiger partial charge in [-0.3, -0.25) is 9.59 Å². The number of carbonyl (C=O) groups is 3. The lowest BCUT2D eigenvalue weighted by Crippen LogP contribution is -2.64. The molecule has 8 nitrogen and oxygen atoms in total. The number of hydrogen-bond acceptors (Lipinski definition) is 7. The number of alkyl carbamates (subject to hydrolysis) is 1. The third kappa shape index (κ3) is 3.04. The molecule has 34 heavy (non-hydrogen) atoms. The topological polar surface area (TPSA) is 111 Å². The van der Waals surface area contributed by atoms with E-state index in [9.17, 15) is 19.5 Å². The van der Waals surface area contributed by atoms with Gasteiger partial charge in [0.25, 0.3) is 0 Å². The zero-order chi connectivity index (χ0) is 24.7. The minimum Gasteiger partial charge on any atom is -0.441 e. The molecule has 2 N–H and O–H groups in total. The van der Waals surface area contributed by atoms with Crippen LogP contribution >= 0.6 is 0 Å². The lowest BCUT2D eigenvalue weighted by molar-refractivity contribution is -0.225. The van der Waals surface area contributed by atoms with Crippen molar-refractivity contribution in [3.63, 3.8) is 0 Å². The van der Waals surface area contributed by atoms with E-state index in [1.54, 1.807) is 26.0 Å². The SMILES string of the molecule is CNC(=O)OCC(=O)[C@@]12OC(C)(C)O[C@@H]1CC1C3CCC4=CC(=O)C=CC4(C)C3[C@@H](O)CC12C. The average Bonchev–Trinajstić information content (AvgIpc) is 3.17. The number of carbonyl (C=O) groups excluding carboxylic acids is 3. The van der Waals surface area contributed by atoms with E-state index >= 15 is 0 Å². The highest BCUT2D eigenvalue weighted by Gasteiger charge is 2.76. The van der Waals surface area contributed by atoms with Crippen molar-refractivity contribution in [3.05, 3.63) is 23.8 Å². The number of fused-ring (bicyclic) bond motifs is 7. The Labute approximate surface area is 200 Å². The monoisotopic (exact) mass is 473 g/mol. The molecule has 0 aromatic rings. The summed E-state index contributed by atoms with van der Waals surface area (Å²) in [5, 5.41) is 14.0. The predicted octanol–water partition coefficient (Wildman–Crippen LogP) is 2.69. The molecule has 5 rings (SSSR count). The van der Waals surface area contributed by atoms with Crippen LogP contribution in [0.3, 0.4) is 0 Å². The van der Waals surface area contributed by atoms with Crippen molar-refractivity contribution in [1.82, 2.24) is 5.32 Å². The Kier molecular flexibility index (Phi) is 5.22. The first-order valence-corrected chi connectivity index (χ1v) is 12.3. The lowest BCUT2D eigenvalue weighted by Gasteiger charge is -2.59. The lowest BCUT2D eigenvalue weighted by atomic mass is 9.46. The number of Topliss-reactive ketones (excluding diaryl/α,β-unsaturated/α-hetero) is 1. The van der Waals surface area contributed by atoms with Gasteiger partial charge < -0.3 is 24.6 Å². The van der Waals surface area contributed by atoms with E-state index in [1.165, 1.54) is 7.05 Å². The molecule has 1 heterocycles. The van der Waals surface area contributed by atoms with Gasteiger partial charge in [0, 0.05) is 23.8 Å². The molecule has 186 valence electrons. The van der Waals surface area contributed by atoms with Crippen molar-refractivity contribution in [2.24, 2.45) is 28.6 Å². The molecule has 0 bridgehead atoms. The normalized spacial score (nSPS) is 46.0. The Morgan fingerprint density at radius 2 is 2.00 bits per heavy atom. The van der Waals surface area contributed by atoms with Crippen molar-refractivity contribution in [2.75, 3.05) is 13.7 Å². The van der Waals surface area contributed by atoms with Gasteiger partial charge in [-0.05, 0) is 63.5 Å². The van der Waals surface area contributed by atoms with E-state index in [4.69, 9.17) is 14.2 Å². The zero-order valence-electron chi connectivity index (χ0n) is 20.6. The number of aliphatic hydroxyl groups excluding tert-OH is 1. The van der Waals surface area contributed by atoms with Gasteiger partial charge in [0.2, 0.25) is 5.78 Å². The molecule has 8 heteroatoms. The second-order valence-corrected chi connectivity index (χ2v) is 11.5. The van der Waals surface area contributed by atoms with Gasteiger partial charge in [-0.15, -0.1) is 0 Å². The molecule has 0 aromatic heterocycles. The summed E-state index contributed by atoms with van der Waals surface area (Å²) in [7, 11) is 1.44. The summed E-state index contributed by atoms with van der Waals surface area (Å²) >= 11 is 0. The van der Waals surface area contributed by atoms with Crippen molar-refractivity contribution in [2.45, 2.75) is 77.0 Å². The maximum absolute atomic E-state index is 13.8. The van der Waals surface area contributed by atoms with E-state index in [2.05, 4.69) is 12.2 Å². The summed E-state index contributed by atoms with van der Waals surface area (Å²) in [6.45, 7) is 7.32. The Hall–Kier alpha value is -2.03. The Bertz CT molecular complexity index is 1000. The second kappa shape index (κ2) is 7.48. The number of rotatable bonds is 3. The van der Waals surface area contributed by atoms with Crippen LogP contribution in [0.1, 0.15) is 53.4 Å². The number of hydrogen-bond donors (Lipinski definition) is 2. The first kappa shape index (κ1) is 23.7. The highest BCUT2D eigenvalue weighted by atomic mass is 16.8. The van der Waals surface area contributed by atoms with Gasteiger partial charge in [-0.25, -0.2) is 4.79 Å². The molecule has 0 aromatic carbocycles. The third-order valence-corrected chi connectivity index (χ3v) is 9.44. The molecule has 0 radical (unpaired) electrons. The minimum absolute atomic E-state index is 0.00107. The van der Waals surface area contributed by atoms with E-state index < -0.39 is 47.1 Å². The van der Waals surface area contributed by atoms with Crippen LogP contribution in [-0.2, 0) is 23.8 Å². The molecular weight excluding hydrogens is 438 g/mol. The van der Waals surface area contributed by atoms with Crippen molar-refractivity contribution >= 4 is 17.7 Å². The van der Waals surface area contributed by atoms with Crippen LogP contribution in [0, 0.1) is 28.6 Å². The number of ketones is 2. The Morgan fingerprint density at radius 1 is 1.26 bits per heavy atom. The summed E-state index contributed by atoms with van der Waals surface area (Å²) < 4.78 is 17.9. The molecule has 0 spiro atoms. The summed E-state index contributed by atoms with van der Waals surface area (Å²) in [4.78, 5) is 37.5. The van der Waals surface area contributed by atoms with Crippen molar-refractivity contribution in [1.29, 1.82) is 0 Å². The first-order valence-electron chi connectivity index (χ1n) is 12.3. The molecule has 5 aliphatic rings. The van der Waals surface area contributed by atoms with Crippen LogP contribution in [0.5, 0.6) is 0 Å². The highest BCUT2D eigenvalue weighted by molar-refractivity contribution is 6.01. The van der Waals surface area contributed by atoms with Crippen molar-refractivity contribution < 1.29 is 33.7 Å². The highest BCUT2D eigenvalue weighted by Crippen LogP contribution is 2.70. The Balaban J connectivity index is 1.54. The molecule has 1 aliphatic heterocycles. The quantitative estimate of drug-likeness (QED) is 0.648. The minimum atomic E-state index is -1.31.